The summed E-state index contributed by atoms with van der Waals surface area (Å²) in [5.41, 5.74) is 0. The smallest absolute Gasteiger partial charge is 0.152 e. The van der Waals surface area contributed by atoms with Gasteiger partial charge in [-0.25, -0.2) is 0 Å². The van der Waals surface area contributed by atoms with Gasteiger partial charge in [-0.05, 0) is 32.2 Å². The predicted molar refractivity (Wildman–Crippen MR) is 58.8 cm³/mol. The molecule has 2 aliphatic rings. The van der Waals surface area contributed by atoms with Crippen LogP contribution in [0, 0.1) is 5.92 Å². The number of hydrogen-bond acceptors (Lipinski definition) is 3. The van der Waals surface area contributed by atoms with Crippen molar-refractivity contribution in [2.45, 2.75) is 44.6 Å². The highest BCUT2D eigenvalue weighted by molar-refractivity contribution is 5.86. The van der Waals surface area contributed by atoms with E-state index >= 15 is 0 Å². The first-order chi connectivity index (χ1) is 7.38. The number of nitrogens with one attached hydrogen (secondary N) is 1. The number of ketones is 1. The summed E-state index contributed by atoms with van der Waals surface area (Å²) in [4.78, 5) is 12.2. The fourth-order valence-electron chi connectivity index (χ4n) is 2.54. The van der Waals surface area contributed by atoms with Crippen LogP contribution in [0.5, 0.6) is 0 Å². The summed E-state index contributed by atoms with van der Waals surface area (Å²) in [5.74, 6) is 0.703. The second kappa shape index (κ2) is 5.61. The Labute approximate surface area is 91.6 Å². The molecule has 0 spiro atoms. The first-order valence-electron chi connectivity index (χ1n) is 6.23. The molecule has 0 bridgehead atoms. The van der Waals surface area contributed by atoms with E-state index in [9.17, 15) is 4.79 Å². The lowest BCUT2D eigenvalue weighted by Crippen LogP contribution is -2.41. The number of ether oxygens (including phenoxy) is 1. The van der Waals surface area contributed by atoms with Crippen molar-refractivity contribution in [1.82, 2.24) is 5.32 Å². The molecule has 2 heterocycles. The Balaban J connectivity index is 1.87. The Bertz CT molecular complexity index is 204. The number of Topliss-reactive ketones (excluding diaryl/α,β-unsaturated/α-hetero) is 1. The van der Waals surface area contributed by atoms with Gasteiger partial charge < -0.3 is 10.1 Å². The molecule has 1 atom stereocenters. The minimum absolute atomic E-state index is 0.135. The van der Waals surface area contributed by atoms with Crippen LogP contribution in [-0.2, 0) is 9.53 Å². The lowest BCUT2D eigenvalue weighted by Gasteiger charge is -2.25. The third kappa shape index (κ3) is 3.02. The highest BCUT2D eigenvalue weighted by Crippen LogP contribution is 2.20. The van der Waals surface area contributed by atoms with Crippen molar-refractivity contribution in [2.24, 2.45) is 5.92 Å². The van der Waals surface area contributed by atoms with Gasteiger partial charge in [0.1, 0.15) is 0 Å². The molecule has 1 N–H and O–H groups in total. The van der Waals surface area contributed by atoms with Crippen LogP contribution in [0.3, 0.4) is 0 Å². The van der Waals surface area contributed by atoms with Gasteiger partial charge in [-0.1, -0.05) is 12.8 Å². The van der Waals surface area contributed by atoms with Crippen LogP contribution in [0.15, 0.2) is 0 Å². The van der Waals surface area contributed by atoms with Crippen molar-refractivity contribution in [1.29, 1.82) is 0 Å². The molecule has 1 unspecified atom stereocenters. The Morgan fingerprint density at radius 1 is 1.07 bits per heavy atom. The number of rotatable bonds is 2. The average Bonchev–Trinajstić information content (AvgIpc) is 2.58. The van der Waals surface area contributed by atoms with Crippen LogP contribution >= 0.6 is 0 Å². The molecule has 2 aliphatic heterocycles. The zero-order valence-electron chi connectivity index (χ0n) is 9.34. The van der Waals surface area contributed by atoms with Crippen molar-refractivity contribution >= 4 is 5.78 Å². The summed E-state index contributed by atoms with van der Waals surface area (Å²) in [6.07, 6.45) is 6.58. The molecule has 0 radical (unpaired) electrons. The zero-order valence-corrected chi connectivity index (χ0v) is 9.34. The molecule has 0 aromatic heterocycles. The first kappa shape index (κ1) is 11.1. The third-order valence-corrected chi connectivity index (χ3v) is 3.53. The van der Waals surface area contributed by atoms with E-state index < -0.39 is 0 Å². The molecule has 0 aromatic rings. The molecular weight excluding hydrogens is 190 g/mol. The Kier molecular flexibility index (Phi) is 4.15. The molecule has 0 aliphatic carbocycles. The fraction of sp³-hybridized carbons (Fsp3) is 0.917. The molecule has 2 fully saturated rings. The van der Waals surface area contributed by atoms with Gasteiger partial charge in [-0.3, -0.25) is 4.79 Å². The van der Waals surface area contributed by atoms with Crippen molar-refractivity contribution < 1.29 is 9.53 Å². The quantitative estimate of drug-likeness (QED) is 0.752. The van der Waals surface area contributed by atoms with Gasteiger partial charge in [-0.15, -0.1) is 0 Å². The molecule has 0 aromatic carbocycles. The minimum atomic E-state index is 0.135. The van der Waals surface area contributed by atoms with Crippen LogP contribution in [-0.4, -0.2) is 31.6 Å². The molecule has 2 rings (SSSR count). The second-order valence-corrected chi connectivity index (χ2v) is 4.65. The molecule has 15 heavy (non-hydrogen) atoms. The highest BCUT2D eigenvalue weighted by atomic mass is 16.5. The monoisotopic (exact) mass is 211 g/mol. The van der Waals surface area contributed by atoms with Gasteiger partial charge in [-0.2, -0.15) is 0 Å². The maximum absolute atomic E-state index is 12.2. The third-order valence-electron chi connectivity index (χ3n) is 3.53. The number of carbonyl (C=O) groups excluding carboxylic acids is 1. The van der Waals surface area contributed by atoms with Gasteiger partial charge >= 0.3 is 0 Å². The Hall–Kier alpha value is -0.410. The van der Waals surface area contributed by atoms with E-state index in [2.05, 4.69) is 5.32 Å². The molecule has 86 valence electrons. The van der Waals surface area contributed by atoms with E-state index in [0.29, 0.717) is 5.78 Å². The van der Waals surface area contributed by atoms with Crippen molar-refractivity contribution in [3.63, 3.8) is 0 Å². The van der Waals surface area contributed by atoms with Crippen molar-refractivity contribution in [3.05, 3.63) is 0 Å². The van der Waals surface area contributed by atoms with E-state index in [4.69, 9.17) is 4.74 Å². The van der Waals surface area contributed by atoms with Gasteiger partial charge in [0.25, 0.3) is 0 Å². The predicted octanol–water partition coefficient (Wildman–Crippen LogP) is 1.51. The zero-order chi connectivity index (χ0) is 10.5. The van der Waals surface area contributed by atoms with Crippen LogP contribution in [0.25, 0.3) is 0 Å². The molecule has 0 amide bonds. The second-order valence-electron chi connectivity index (χ2n) is 4.65. The van der Waals surface area contributed by atoms with Crippen LogP contribution in [0.4, 0.5) is 0 Å². The van der Waals surface area contributed by atoms with Gasteiger partial charge in [0, 0.05) is 19.1 Å². The summed E-state index contributed by atoms with van der Waals surface area (Å²) in [7, 11) is 0. The average molecular weight is 211 g/mol. The van der Waals surface area contributed by atoms with Crippen LogP contribution in [0.2, 0.25) is 0 Å². The number of carbonyl (C=O) groups is 1. The summed E-state index contributed by atoms with van der Waals surface area (Å²) >= 11 is 0. The normalized spacial score (nSPS) is 29.7. The molecule has 0 saturated carbocycles. The first-order valence-corrected chi connectivity index (χ1v) is 6.23. The van der Waals surface area contributed by atoms with E-state index in [1.807, 2.05) is 0 Å². The molecule has 2 saturated heterocycles. The summed E-state index contributed by atoms with van der Waals surface area (Å²) in [6, 6.07) is 0.135. The summed E-state index contributed by atoms with van der Waals surface area (Å²) < 4.78 is 5.29. The Morgan fingerprint density at radius 3 is 2.67 bits per heavy atom. The maximum atomic E-state index is 12.2. The molecule has 3 heteroatoms. The number of hydrogen-bond donors (Lipinski definition) is 1. The Morgan fingerprint density at radius 2 is 1.87 bits per heavy atom. The fourth-order valence-corrected chi connectivity index (χ4v) is 2.54. The lowest BCUT2D eigenvalue weighted by atomic mass is 9.89. The summed E-state index contributed by atoms with van der Waals surface area (Å²) in [6.45, 7) is 2.55. The lowest BCUT2D eigenvalue weighted by molar-refractivity contribution is -0.127. The minimum Gasteiger partial charge on any atom is -0.381 e. The van der Waals surface area contributed by atoms with Crippen LogP contribution < -0.4 is 5.32 Å². The topological polar surface area (TPSA) is 38.3 Å². The van der Waals surface area contributed by atoms with E-state index in [1.54, 1.807) is 0 Å². The SMILES string of the molecule is O=C(C1CCOCC1)C1CCCCCN1. The molecular formula is C12H21NO2. The standard InChI is InChI=1S/C12H21NO2/c14-12(10-5-8-15-9-6-10)11-4-2-1-3-7-13-11/h10-11,13H,1-9H2. The largest absolute Gasteiger partial charge is 0.381 e. The van der Waals surface area contributed by atoms with Crippen molar-refractivity contribution in [3.8, 4) is 0 Å². The molecule has 3 nitrogen and oxygen atoms in total. The van der Waals surface area contributed by atoms with E-state index in [-0.39, 0.29) is 12.0 Å². The summed E-state index contributed by atoms with van der Waals surface area (Å²) in [5, 5.41) is 3.39. The van der Waals surface area contributed by atoms with Gasteiger partial charge in [0.05, 0.1) is 6.04 Å². The van der Waals surface area contributed by atoms with Crippen molar-refractivity contribution in [2.75, 3.05) is 19.8 Å². The van der Waals surface area contributed by atoms with E-state index in [1.165, 1.54) is 19.3 Å². The van der Waals surface area contributed by atoms with Gasteiger partial charge in [0.15, 0.2) is 5.78 Å². The highest BCUT2D eigenvalue weighted by Gasteiger charge is 2.28. The van der Waals surface area contributed by atoms with Crippen LogP contribution in [0.1, 0.15) is 38.5 Å². The van der Waals surface area contributed by atoms with E-state index in [0.717, 1.165) is 39.0 Å². The van der Waals surface area contributed by atoms with Gasteiger partial charge in [0.2, 0.25) is 0 Å². The maximum Gasteiger partial charge on any atom is 0.152 e.